The SMILES string of the molecule is NCc1ccc(N2CC[C@@H](F)C2)nc1. The molecule has 0 saturated carbocycles. The van der Waals surface area contributed by atoms with Crippen molar-refractivity contribution in [2.45, 2.75) is 19.1 Å². The van der Waals surface area contributed by atoms with Crippen molar-refractivity contribution in [3.63, 3.8) is 0 Å². The van der Waals surface area contributed by atoms with Gasteiger partial charge < -0.3 is 10.6 Å². The zero-order valence-corrected chi connectivity index (χ0v) is 7.99. The maximum atomic E-state index is 12.9. The highest BCUT2D eigenvalue weighted by molar-refractivity contribution is 5.40. The van der Waals surface area contributed by atoms with Gasteiger partial charge in [-0.05, 0) is 18.1 Å². The van der Waals surface area contributed by atoms with E-state index in [2.05, 4.69) is 4.98 Å². The number of nitrogens with zero attached hydrogens (tertiary/aromatic N) is 2. The molecule has 1 aromatic heterocycles. The van der Waals surface area contributed by atoms with Gasteiger partial charge in [0.25, 0.3) is 0 Å². The third-order valence-corrected chi connectivity index (χ3v) is 2.50. The third-order valence-electron chi connectivity index (χ3n) is 2.50. The predicted octanol–water partition coefficient (Wildman–Crippen LogP) is 1.09. The molecule has 2 heterocycles. The fourth-order valence-corrected chi connectivity index (χ4v) is 1.65. The van der Waals surface area contributed by atoms with Crippen molar-refractivity contribution >= 4 is 5.82 Å². The van der Waals surface area contributed by atoms with Crippen LogP contribution in [-0.4, -0.2) is 24.2 Å². The van der Waals surface area contributed by atoms with E-state index in [9.17, 15) is 4.39 Å². The number of alkyl halides is 1. The summed E-state index contributed by atoms with van der Waals surface area (Å²) in [4.78, 5) is 6.21. The first-order chi connectivity index (χ1) is 6.79. The summed E-state index contributed by atoms with van der Waals surface area (Å²) < 4.78 is 12.9. The van der Waals surface area contributed by atoms with Gasteiger partial charge in [-0.1, -0.05) is 6.07 Å². The van der Waals surface area contributed by atoms with Crippen molar-refractivity contribution < 1.29 is 4.39 Å². The van der Waals surface area contributed by atoms with Crippen LogP contribution in [0.1, 0.15) is 12.0 Å². The monoisotopic (exact) mass is 195 g/mol. The van der Waals surface area contributed by atoms with Gasteiger partial charge in [0, 0.05) is 19.3 Å². The van der Waals surface area contributed by atoms with Gasteiger partial charge in [-0.25, -0.2) is 9.37 Å². The summed E-state index contributed by atoms with van der Waals surface area (Å²) in [6.07, 6.45) is 1.66. The molecule has 1 saturated heterocycles. The van der Waals surface area contributed by atoms with E-state index in [-0.39, 0.29) is 0 Å². The molecule has 4 heteroatoms. The molecule has 76 valence electrons. The molecule has 1 fully saturated rings. The average Bonchev–Trinajstić information content (AvgIpc) is 2.65. The molecule has 0 amide bonds. The number of rotatable bonds is 2. The Bertz CT molecular complexity index is 299. The zero-order chi connectivity index (χ0) is 9.97. The van der Waals surface area contributed by atoms with Crippen molar-refractivity contribution in [2.75, 3.05) is 18.0 Å². The molecule has 2 N–H and O–H groups in total. The summed E-state index contributed by atoms with van der Waals surface area (Å²) in [5.41, 5.74) is 6.47. The standard InChI is InChI=1S/C10H14FN3/c11-9-3-4-14(7-9)10-2-1-8(5-12)6-13-10/h1-2,6,9H,3-5,7,12H2/t9-/m1/s1. The van der Waals surface area contributed by atoms with Gasteiger partial charge in [-0.15, -0.1) is 0 Å². The zero-order valence-electron chi connectivity index (χ0n) is 7.99. The largest absolute Gasteiger partial charge is 0.354 e. The quantitative estimate of drug-likeness (QED) is 0.768. The molecule has 0 radical (unpaired) electrons. The molecule has 0 bridgehead atoms. The van der Waals surface area contributed by atoms with E-state index >= 15 is 0 Å². The van der Waals surface area contributed by atoms with E-state index in [0.717, 1.165) is 17.9 Å². The van der Waals surface area contributed by atoms with Crippen LogP contribution in [0.3, 0.4) is 0 Å². The third kappa shape index (κ3) is 1.85. The Kier molecular flexibility index (Phi) is 2.63. The van der Waals surface area contributed by atoms with E-state index in [1.807, 2.05) is 17.0 Å². The van der Waals surface area contributed by atoms with Crippen LogP contribution >= 0.6 is 0 Å². The molecule has 14 heavy (non-hydrogen) atoms. The maximum Gasteiger partial charge on any atom is 0.128 e. The Morgan fingerprint density at radius 1 is 1.57 bits per heavy atom. The summed E-state index contributed by atoms with van der Waals surface area (Å²) in [7, 11) is 0. The van der Waals surface area contributed by atoms with E-state index in [1.165, 1.54) is 0 Å². The summed E-state index contributed by atoms with van der Waals surface area (Å²) >= 11 is 0. The summed E-state index contributed by atoms with van der Waals surface area (Å²) in [6.45, 7) is 1.73. The Hall–Kier alpha value is -1.16. The van der Waals surface area contributed by atoms with Gasteiger partial charge in [-0.3, -0.25) is 0 Å². The van der Waals surface area contributed by atoms with Gasteiger partial charge in [0.1, 0.15) is 12.0 Å². The minimum Gasteiger partial charge on any atom is -0.354 e. The van der Waals surface area contributed by atoms with Crippen LogP contribution in [0, 0.1) is 0 Å². The molecule has 1 aromatic rings. The highest BCUT2D eigenvalue weighted by atomic mass is 19.1. The normalized spacial score (nSPS) is 21.6. The molecule has 0 aliphatic carbocycles. The highest BCUT2D eigenvalue weighted by Crippen LogP contribution is 2.19. The topological polar surface area (TPSA) is 42.1 Å². The van der Waals surface area contributed by atoms with Gasteiger partial charge >= 0.3 is 0 Å². The molecule has 0 spiro atoms. The lowest BCUT2D eigenvalue weighted by atomic mass is 10.3. The van der Waals surface area contributed by atoms with Crippen molar-refractivity contribution in [1.82, 2.24) is 4.98 Å². The Labute approximate surface area is 82.7 Å². The molecule has 2 rings (SSSR count). The number of nitrogens with two attached hydrogens (primary N) is 1. The fourth-order valence-electron chi connectivity index (χ4n) is 1.65. The van der Waals surface area contributed by atoms with Crippen LogP contribution in [0.4, 0.5) is 10.2 Å². The van der Waals surface area contributed by atoms with Gasteiger partial charge in [-0.2, -0.15) is 0 Å². The average molecular weight is 195 g/mol. The molecule has 1 atom stereocenters. The molecular formula is C10H14FN3. The Balaban J connectivity index is 2.09. The van der Waals surface area contributed by atoms with Crippen LogP contribution in [0.2, 0.25) is 0 Å². The summed E-state index contributed by atoms with van der Waals surface area (Å²) in [5.74, 6) is 0.849. The fraction of sp³-hybridized carbons (Fsp3) is 0.500. The second kappa shape index (κ2) is 3.92. The maximum absolute atomic E-state index is 12.9. The smallest absolute Gasteiger partial charge is 0.128 e. The van der Waals surface area contributed by atoms with E-state index < -0.39 is 6.17 Å². The second-order valence-electron chi connectivity index (χ2n) is 3.56. The second-order valence-corrected chi connectivity index (χ2v) is 3.56. The van der Waals surface area contributed by atoms with Gasteiger partial charge in [0.2, 0.25) is 0 Å². The number of aromatic nitrogens is 1. The number of halogens is 1. The van der Waals surface area contributed by atoms with Crippen molar-refractivity contribution in [1.29, 1.82) is 0 Å². The summed E-state index contributed by atoms with van der Waals surface area (Å²) in [6, 6.07) is 3.84. The predicted molar refractivity (Wildman–Crippen MR) is 53.9 cm³/mol. The lowest BCUT2D eigenvalue weighted by Crippen LogP contribution is -2.21. The number of pyridine rings is 1. The number of hydrogen-bond acceptors (Lipinski definition) is 3. The van der Waals surface area contributed by atoms with Crippen LogP contribution in [0.5, 0.6) is 0 Å². The lowest BCUT2D eigenvalue weighted by molar-refractivity contribution is 0.364. The molecule has 3 nitrogen and oxygen atoms in total. The molecule has 0 aromatic carbocycles. The van der Waals surface area contributed by atoms with Crippen LogP contribution in [-0.2, 0) is 6.54 Å². The van der Waals surface area contributed by atoms with E-state index in [1.54, 1.807) is 6.20 Å². The molecule has 1 aliphatic heterocycles. The van der Waals surface area contributed by atoms with Crippen molar-refractivity contribution in [3.05, 3.63) is 23.9 Å². The van der Waals surface area contributed by atoms with E-state index in [0.29, 0.717) is 19.5 Å². The van der Waals surface area contributed by atoms with Crippen LogP contribution < -0.4 is 10.6 Å². The van der Waals surface area contributed by atoms with Crippen LogP contribution in [0.15, 0.2) is 18.3 Å². The lowest BCUT2D eigenvalue weighted by Gasteiger charge is -2.15. The first kappa shape index (κ1) is 9.40. The molecular weight excluding hydrogens is 181 g/mol. The molecule has 1 aliphatic rings. The number of hydrogen-bond donors (Lipinski definition) is 1. The first-order valence-corrected chi connectivity index (χ1v) is 4.83. The first-order valence-electron chi connectivity index (χ1n) is 4.83. The highest BCUT2D eigenvalue weighted by Gasteiger charge is 2.22. The number of anilines is 1. The van der Waals surface area contributed by atoms with Crippen molar-refractivity contribution in [3.8, 4) is 0 Å². The summed E-state index contributed by atoms with van der Waals surface area (Å²) in [5, 5.41) is 0. The minimum absolute atomic E-state index is 0.467. The Morgan fingerprint density at radius 2 is 2.43 bits per heavy atom. The van der Waals surface area contributed by atoms with E-state index in [4.69, 9.17) is 5.73 Å². The van der Waals surface area contributed by atoms with Crippen LogP contribution in [0.25, 0.3) is 0 Å². The minimum atomic E-state index is -0.703. The molecule has 0 unspecified atom stereocenters. The van der Waals surface area contributed by atoms with Gasteiger partial charge in [0.15, 0.2) is 0 Å². The Morgan fingerprint density at radius 3 is 2.93 bits per heavy atom. The van der Waals surface area contributed by atoms with Crippen molar-refractivity contribution in [2.24, 2.45) is 5.73 Å². The van der Waals surface area contributed by atoms with Gasteiger partial charge in [0.05, 0.1) is 6.54 Å².